The van der Waals surface area contributed by atoms with E-state index in [1.54, 1.807) is 30.3 Å². The van der Waals surface area contributed by atoms with Gasteiger partial charge in [0.25, 0.3) is 5.56 Å². The highest BCUT2D eigenvalue weighted by Crippen LogP contribution is 2.53. The number of carbonyl (C=O) groups excluding carboxylic acids is 1. The van der Waals surface area contributed by atoms with Crippen LogP contribution in [0.4, 0.5) is 9.18 Å². The number of hydrogen-bond donors (Lipinski definition) is 2. The number of phosphoric ester groups is 1. The van der Waals surface area contributed by atoms with Crippen LogP contribution in [0.15, 0.2) is 52.2 Å². The van der Waals surface area contributed by atoms with Gasteiger partial charge in [0.15, 0.2) is 12.3 Å². The first-order chi connectivity index (χ1) is 18.5. The molecule has 39 heavy (non-hydrogen) atoms. The third-order valence-corrected chi connectivity index (χ3v) is 7.21. The summed E-state index contributed by atoms with van der Waals surface area (Å²) in [6, 6.07) is 9.62. The summed E-state index contributed by atoms with van der Waals surface area (Å²) in [5.41, 5.74) is -4.64. The molecule has 2 saturated heterocycles. The van der Waals surface area contributed by atoms with Crippen LogP contribution in [0.2, 0.25) is 0 Å². The molecule has 2 fully saturated rings. The molecule has 0 saturated carbocycles. The Morgan fingerprint density at radius 2 is 1.95 bits per heavy atom. The summed E-state index contributed by atoms with van der Waals surface area (Å²) >= 11 is 0. The molecule has 14 nitrogen and oxygen atoms in total. The topological polar surface area (TPSA) is 174 Å². The lowest BCUT2D eigenvalue weighted by Crippen LogP contribution is -2.40. The Labute approximate surface area is 221 Å². The summed E-state index contributed by atoms with van der Waals surface area (Å²) in [6.07, 6.45) is -2.27. The minimum Gasteiger partial charge on any atom is -0.426 e. The molecule has 0 amide bonds. The van der Waals surface area contributed by atoms with E-state index in [1.165, 1.54) is 6.92 Å². The number of rotatable bonds is 12. The maximum atomic E-state index is 14.4. The van der Waals surface area contributed by atoms with Crippen molar-refractivity contribution in [1.82, 2.24) is 9.55 Å². The Kier molecular flexibility index (Phi) is 9.01. The van der Waals surface area contributed by atoms with E-state index in [-0.39, 0.29) is 19.8 Å². The predicted octanol–water partition coefficient (Wildman–Crippen LogP) is 1.78. The fraction of sp³-hybridized carbons (Fsp3) is 0.522. The molecule has 2 N–H and O–H groups in total. The fourth-order valence-corrected chi connectivity index (χ4v) is 5.05. The highest BCUT2D eigenvalue weighted by Gasteiger charge is 2.55. The number of benzene rings is 1. The number of carbonyl (C=O) groups is 1. The van der Waals surface area contributed by atoms with E-state index in [4.69, 9.17) is 32.5 Å². The number of alkyl halides is 1. The smallest absolute Gasteiger partial charge is 0.426 e. The number of halogens is 1. The number of H-pyrrole nitrogens is 1. The Balaban J connectivity index is 1.45. The van der Waals surface area contributed by atoms with E-state index in [0.717, 1.165) is 16.8 Å². The Morgan fingerprint density at radius 3 is 2.59 bits per heavy atom. The quantitative estimate of drug-likeness (QED) is 0.214. The third kappa shape index (κ3) is 7.39. The van der Waals surface area contributed by atoms with Gasteiger partial charge in [-0.15, -0.1) is 0 Å². The van der Waals surface area contributed by atoms with E-state index >= 15 is 0 Å². The van der Waals surface area contributed by atoms with Crippen LogP contribution >= 0.6 is 7.82 Å². The number of ether oxygens (including phenoxy) is 4. The minimum absolute atomic E-state index is 0.221. The first-order valence-corrected chi connectivity index (χ1v) is 13.3. The lowest BCUT2D eigenvalue weighted by molar-refractivity contribution is -0.135. The number of aromatic nitrogens is 2. The lowest BCUT2D eigenvalue weighted by atomic mass is 9.92. The molecular formula is C23H28FN2O12P. The van der Waals surface area contributed by atoms with E-state index < -0.39 is 75.3 Å². The third-order valence-electron chi connectivity index (χ3n) is 5.90. The van der Waals surface area contributed by atoms with Crippen LogP contribution in [-0.4, -0.2) is 71.4 Å². The van der Waals surface area contributed by atoms with Gasteiger partial charge in [-0.05, 0) is 12.5 Å². The van der Waals surface area contributed by atoms with Crippen molar-refractivity contribution in [3.05, 3.63) is 69.0 Å². The fourth-order valence-electron chi connectivity index (χ4n) is 3.94. The van der Waals surface area contributed by atoms with Gasteiger partial charge in [-0.3, -0.25) is 23.4 Å². The molecule has 3 heterocycles. The second kappa shape index (κ2) is 12.1. The zero-order valence-electron chi connectivity index (χ0n) is 20.9. The second-order valence-electron chi connectivity index (χ2n) is 9.24. The number of aliphatic hydroxyl groups is 1. The van der Waals surface area contributed by atoms with Gasteiger partial charge in [0, 0.05) is 18.7 Å². The maximum Gasteiger partial charge on any atom is 0.510 e. The summed E-state index contributed by atoms with van der Waals surface area (Å²) < 4.78 is 64.9. The molecule has 2 aliphatic rings. The van der Waals surface area contributed by atoms with Crippen LogP contribution < -0.4 is 11.2 Å². The predicted molar refractivity (Wildman–Crippen MR) is 128 cm³/mol. The van der Waals surface area contributed by atoms with Crippen molar-refractivity contribution >= 4 is 14.0 Å². The van der Waals surface area contributed by atoms with Gasteiger partial charge < -0.3 is 24.1 Å². The molecule has 4 atom stereocenters. The zero-order chi connectivity index (χ0) is 28.1. The minimum atomic E-state index is -4.53. The molecule has 0 spiro atoms. The van der Waals surface area contributed by atoms with Gasteiger partial charge in [-0.25, -0.2) is 23.1 Å². The van der Waals surface area contributed by atoms with Gasteiger partial charge in [0.1, 0.15) is 17.9 Å². The molecule has 1 aromatic heterocycles. The van der Waals surface area contributed by atoms with Crippen LogP contribution in [0.3, 0.4) is 0 Å². The molecule has 4 rings (SSSR count). The molecule has 4 unspecified atom stereocenters. The zero-order valence-corrected chi connectivity index (χ0v) is 21.8. The van der Waals surface area contributed by atoms with Gasteiger partial charge in [0.05, 0.1) is 26.4 Å². The number of hydrogen-bond acceptors (Lipinski definition) is 12. The standard InChI is InChI=1S/C23H28FN2O12P/c1-22(30)12-23(13-24,38-19(22)26-8-7-18(27)25-20(26)28)14-35-39(31,34-9-16-5-3-2-4-6-16)36-15-33-21(29)37-17-10-32-11-17/h2-8,17,19,30H,9-15H2,1H3,(H,25,27,28). The van der Waals surface area contributed by atoms with Crippen LogP contribution in [-0.2, 0) is 43.7 Å². The maximum absolute atomic E-state index is 14.4. The Morgan fingerprint density at radius 1 is 1.21 bits per heavy atom. The van der Waals surface area contributed by atoms with E-state index in [1.807, 2.05) is 4.98 Å². The number of aromatic amines is 1. The number of nitrogens with one attached hydrogen (secondary N) is 1. The van der Waals surface area contributed by atoms with Crippen LogP contribution in [0.5, 0.6) is 0 Å². The Hall–Kier alpha value is -2.91. The lowest BCUT2D eigenvalue weighted by Gasteiger charge is -2.28. The molecular weight excluding hydrogens is 546 g/mol. The van der Waals surface area contributed by atoms with Crippen LogP contribution in [0.1, 0.15) is 25.1 Å². The monoisotopic (exact) mass is 574 g/mol. The average Bonchev–Trinajstić information content (AvgIpc) is 3.15. The largest absolute Gasteiger partial charge is 0.510 e. The van der Waals surface area contributed by atoms with E-state index in [9.17, 15) is 28.4 Å². The number of phosphoric acid groups is 1. The summed E-state index contributed by atoms with van der Waals surface area (Å²) in [5.74, 6) is 0. The molecule has 0 radical (unpaired) electrons. The normalized spacial score (nSPS) is 26.5. The molecule has 0 bridgehead atoms. The van der Waals surface area contributed by atoms with Crippen molar-refractivity contribution < 1.29 is 51.4 Å². The first kappa shape index (κ1) is 29.1. The first-order valence-electron chi connectivity index (χ1n) is 11.8. The average molecular weight is 574 g/mol. The molecule has 1 aromatic carbocycles. The van der Waals surface area contributed by atoms with Crippen molar-refractivity contribution in [3.8, 4) is 0 Å². The van der Waals surface area contributed by atoms with Crippen LogP contribution in [0.25, 0.3) is 0 Å². The van der Waals surface area contributed by atoms with Crippen molar-refractivity contribution in [1.29, 1.82) is 0 Å². The van der Waals surface area contributed by atoms with Gasteiger partial charge in [-0.1, -0.05) is 30.3 Å². The summed E-state index contributed by atoms with van der Waals surface area (Å²) in [4.78, 5) is 37.5. The van der Waals surface area contributed by atoms with E-state index in [0.29, 0.717) is 5.56 Å². The summed E-state index contributed by atoms with van der Waals surface area (Å²) in [5, 5.41) is 10.9. The van der Waals surface area contributed by atoms with E-state index in [2.05, 4.69) is 0 Å². The number of nitrogens with zero attached hydrogens (tertiary/aromatic N) is 1. The van der Waals surface area contributed by atoms with Crippen molar-refractivity contribution in [2.24, 2.45) is 0 Å². The van der Waals surface area contributed by atoms with Crippen molar-refractivity contribution in [3.63, 3.8) is 0 Å². The van der Waals surface area contributed by atoms with Gasteiger partial charge >= 0.3 is 19.7 Å². The summed E-state index contributed by atoms with van der Waals surface area (Å²) in [7, 11) is -4.53. The Bertz CT molecular complexity index is 1300. The molecule has 16 heteroatoms. The molecule has 214 valence electrons. The molecule has 0 aliphatic carbocycles. The highest BCUT2D eigenvalue weighted by molar-refractivity contribution is 7.48. The van der Waals surface area contributed by atoms with Gasteiger partial charge in [0.2, 0.25) is 6.79 Å². The molecule has 2 aromatic rings. The van der Waals surface area contributed by atoms with Crippen LogP contribution in [0, 0.1) is 0 Å². The molecule has 2 aliphatic heterocycles. The second-order valence-corrected chi connectivity index (χ2v) is 10.9. The van der Waals surface area contributed by atoms with Crippen molar-refractivity contribution in [2.75, 3.05) is 33.3 Å². The summed E-state index contributed by atoms with van der Waals surface area (Å²) in [6.45, 7) is -1.33. The van der Waals surface area contributed by atoms with Gasteiger partial charge in [-0.2, -0.15) is 0 Å². The highest BCUT2D eigenvalue weighted by atomic mass is 31.2. The SMILES string of the molecule is CC1(O)CC(CF)(COP(=O)(OCOC(=O)OC2COC2)OCc2ccccc2)OC1n1ccc(=O)[nH]c1=O. The van der Waals surface area contributed by atoms with Crippen molar-refractivity contribution in [2.45, 2.75) is 43.5 Å².